The number of rotatable bonds is 2. The van der Waals surface area contributed by atoms with Crippen molar-refractivity contribution in [2.45, 2.75) is 38.0 Å². The van der Waals surface area contributed by atoms with Crippen LogP contribution < -0.4 is 5.73 Å². The molecule has 0 bridgehead atoms. The van der Waals surface area contributed by atoms with Gasteiger partial charge >= 0.3 is 0 Å². The second kappa shape index (κ2) is 4.99. The molecule has 2 N–H and O–H groups in total. The second-order valence-electron chi connectivity index (χ2n) is 5.27. The summed E-state index contributed by atoms with van der Waals surface area (Å²) in [7, 11) is 1.90. The topological polar surface area (TPSA) is 69.6 Å². The predicted octanol–water partition coefficient (Wildman–Crippen LogP) is 2.51. The molecule has 2 aromatic heterocycles. The fraction of sp³-hybridized carbons (Fsp3) is 0.500. The molecule has 100 valence electrons. The predicted molar refractivity (Wildman–Crippen MR) is 74.5 cm³/mol. The molecule has 19 heavy (non-hydrogen) atoms. The van der Waals surface area contributed by atoms with Crippen LogP contribution in [0.4, 0.5) is 5.82 Å². The minimum Gasteiger partial charge on any atom is -0.384 e. The Morgan fingerprint density at radius 3 is 2.68 bits per heavy atom. The van der Waals surface area contributed by atoms with Gasteiger partial charge in [-0.2, -0.15) is 5.10 Å². The van der Waals surface area contributed by atoms with Crippen molar-refractivity contribution in [1.29, 1.82) is 0 Å². The number of nitrogens with zero attached hydrogens (tertiary/aromatic N) is 4. The van der Waals surface area contributed by atoms with Gasteiger partial charge in [-0.1, -0.05) is 19.3 Å². The molecule has 2 heterocycles. The molecule has 0 aliphatic heterocycles. The van der Waals surface area contributed by atoms with Crippen LogP contribution in [0, 0.1) is 0 Å². The molecule has 0 spiro atoms. The lowest BCUT2D eigenvalue weighted by molar-refractivity contribution is 0.429. The lowest BCUT2D eigenvalue weighted by atomic mass is 9.88. The molecule has 0 saturated heterocycles. The van der Waals surface area contributed by atoms with Crippen molar-refractivity contribution in [3.05, 3.63) is 24.3 Å². The zero-order valence-electron chi connectivity index (χ0n) is 11.2. The molecule has 1 aliphatic carbocycles. The monoisotopic (exact) mass is 257 g/mol. The zero-order valence-corrected chi connectivity index (χ0v) is 11.2. The van der Waals surface area contributed by atoms with E-state index >= 15 is 0 Å². The summed E-state index contributed by atoms with van der Waals surface area (Å²) in [5.74, 6) is 1.92. The Morgan fingerprint density at radius 1 is 1.21 bits per heavy atom. The van der Waals surface area contributed by atoms with Crippen LogP contribution in [0.2, 0.25) is 0 Å². The Morgan fingerprint density at radius 2 is 2.00 bits per heavy atom. The van der Waals surface area contributed by atoms with Gasteiger partial charge in [0.05, 0.1) is 11.9 Å². The van der Waals surface area contributed by atoms with Crippen LogP contribution in [0.3, 0.4) is 0 Å². The lowest BCUT2D eigenvalue weighted by Gasteiger charge is -2.20. The smallest absolute Gasteiger partial charge is 0.134 e. The Labute approximate surface area is 112 Å². The number of anilines is 1. The lowest BCUT2D eigenvalue weighted by Crippen LogP contribution is -2.10. The third-order valence-electron chi connectivity index (χ3n) is 3.73. The number of nitrogen functional groups attached to an aromatic ring is 1. The normalized spacial score (nSPS) is 16.7. The molecule has 5 heteroatoms. The molecule has 0 amide bonds. The van der Waals surface area contributed by atoms with E-state index < -0.39 is 0 Å². The summed E-state index contributed by atoms with van der Waals surface area (Å²) >= 11 is 0. The molecule has 3 rings (SSSR count). The Kier molecular flexibility index (Phi) is 3.19. The number of hydrogen-bond donors (Lipinski definition) is 1. The first-order valence-electron chi connectivity index (χ1n) is 6.86. The van der Waals surface area contributed by atoms with Crippen molar-refractivity contribution >= 4 is 5.82 Å². The van der Waals surface area contributed by atoms with Gasteiger partial charge in [-0.25, -0.2) is 9.97 Å². The van der Waals surface area contributed by atoms with Gasteiger partial charge < -0.3 is 5.73 Å². The first-order valence-corrected chi connectivity index (χ1v) is 6.86. The molecule has 0 radical (unpaired) electrons. The van der Waals surface area contributed by atoms with E-state index in [1.807, 2.05) is 25.5 Å². The molecule has 2 aromatic rings. The number of hydrogen-bond acceptors (Lipinski definition) is 4. The van der Waals surface area contributed by atoms with Crippen LogP contribution in [0.25, 0.3) is 11.3 Å². The van der Waals surface area contributed by atoms with Gasteiger partial charge in [0.1, 0.15) is 11.6 Å². The van der Waals surface area contributed by atoms with Crippen LogP contribution in [0.1, 0.15) is 43.8 Å². The van der Waals surface area contributed by atoms with E-state index in [1.54, 1.807) is 4.68 Å². The molecular formula is C14H19N5. The van der Waals surface area contributed by atoms with Gasteiger partial charge in [0.25, 0.3) is 0 Å². The Hall–Kier alpha value is -1.91. The fourth-order valence-corrected chi connectivity index (χ4v) is 2.73. The number of aryl methyl sites for hydroxylation is 1. The summed E-state index contributed by atoms with van der Waals surface area (Å²) in [6.45, 7) is 0. The summed E-state index contributed by atoms with van der Waals surface area (Å²) in [4.78, 5) is 9.13. The standard InChI is InChI=1S/C14H19N5/c1-19-9-11(8-16-19)12-7-13(15)18-14(17-12)10-5-3-2-4-6-10/h7-10H,2-6H2,1H3,(H2,15,17,18). The van der Waals surface area contributed by atoms with Gasteiger partial charge in [0.2, 0.25) is 0 Å². The van der Waals surface area contributed by atoms with Crippen LogP contribution >= 0.6 is 0 Å². The van der Waals surface area contributed by atoms with Crippen molar-refractivity contribution in [3.63, 3.8) is 0 Å². The highest BCUT2D eigenvalue weighted by atomic mass is 15.2. The van der Waals surface area contributed by atoms with Gasteiger partial charge in [-0.3, -0.25) is 4.68 Å². The summed E-state index contributed by atoms with van der Waals surface area (Å²) in [6, 6.07) is 1.82. The highest BCUT2D eigenvalue weighted by Gasteiger charge is 2.19. The first kappa shape index (κ1) is 12.1. The van der Waals surface area contributed by atoms with E-state index in [-0.39, 0.29) is 0 Å². The van der Waals surface area contributed by atoms with Crippen molar-refractivity contribution in [2.24, 2.45) is 7.05 Å². The maximum atomic E-state index is 5.93. The maximum Gasteiger partial charge on any atom is 0.134 e. The van der Waals surface area contributed by atoms with Gasteiger partial charge in [0, 0.05) is 30.8 Å². The van der Waals surface area contributed by atoms with Crippen molar-refractivity contribution in [3.8, 4) is 11.3 Å². The van der Waals surface area contributed by atoms with Crippen molar-refractivity contribution in [1.82, 2.24) is 19.7 Å². The summed E-state index contributed by atoms with van der Waals surface area (Å²) in [5, 5.41) is 4.18. The Balaban J connectivity index is 1.95. The van der Waals surface area contributed by atoms with Crippen molar-refractivity contribution < 1.29 is 0 Å². The average Bonchev–Trinajstić information content (AvgIpc) is 2.86. The van der Waals surface area contributed by atoms with Gasteiger partial charge in [0.15, 0.2) is 0 Å². The van der Waals surface area contributed by atoms with Gasteiger partial charge in [-0.15, -0.1) is 0 Å². The van der Waals surface area contributed by atoms with Gasteiger partial charge in [-0.05, 0) is 12.8 Å². The molecule has 1 aliphatic rings. The molecule has 0 atom stereocenters. The Bertz CT molecular complexity index is 569. The summed E-state index contributed by atoms with van der Waals surface area (Å²) in [6.07, 6.45) is 9.98. The first-order chi connectivity index (χ1) is 9.22. The molecule has 5 nitrogen and oxygen atoms in total. The maximum absolute atomic E-state index is 5.93. The highest BCUT2D eigenvalue weighted by molar-refractivity contribution is 5.60. The van der Waals surface area contributed by atoms with E-state index in [4.69, 9.17) is 10.7 Å². The number of nitrogens with two attached hydrogens (primary N) is 1. The van der Waals surface area contributed by atoms with Crippen LogP contribution in [0.5, 0.6) is 0 Å². The minimum absolute atomic E-state index is 0.465. The van der Waals surface area contributed by atoms with E-state index in [2.05, 4.69) is 10.1 Å². The summed E-state index contributed by atoms with van der Waals surface area (Å²) in [5.41, 5.74) is 7.80. The van der Waals surface area contributed by atoms with Crippen LogP contribution in [0.15, 0.2) is 18.5 Å². The zero-order chi connectivity index (χ0) is 13.2. The van der Waals surface area contributed by atoms with Crippen molar-refractivity contribution in [2.75, 3.05) is 5.73 Å². The largest absolute Gasteiger partial charge is 0.384 e. The van der Waals surface area contributed by atoms with E-state index in [1.165, 1.54) is 32.1 Å². The van der Waals surface area contributed by atoms with Crippen LogP contribution in [-0.2, 0) is 7.05 Å². The molecular weight excluding hydrogens is 238 g/mol. The highest BCUT2D eigenvalue weighted by Crippen LogP contribution is 2.32. The molecule has 1 fully saturated rings. The average molecular weight is 257 g/mol. The minimum atomic E-state index is 0.465. The fourth-order valence-electron chi connectivity index (χ4n) is 2.73. The molecule has 1 saturated carbocycles. The van der Waals surface area contributed by atoms with E-state index in [0.717, 1.165) is 17.1 Å². The number of aromatic nitrogens is 4. The molecule has 0 unspecified atom stereocenters. The van der Waals surface area contributed by atoms with E-state index in [0.29, 0.717) is 11.7 Å². The van der Waals surface area contributed by atoms with Crippen LogP contribution in [-0.4, -0.2) is 19.7 Å². The molecule has 0 aromatic carbocycles. The summed E-state index contributed by atoms with van der Waals surface area (Å²) < 4.78 is 1.77. The third-order valence-corrected chi connectivity index (χ3v) is 3.73. The quantitative estimate of drug-likeness (QED) is 0.897. The third kappa shape index (κ3) is 2.59. The second-order valence-corrected chi connectivity index (χ2v) is 5.27. The SMILES string of the molecule is Cn1cc(-c2cc(N)nc(C3CCCCC3)n2)cn1. The van der Waals surface area contributed by atoms with E-state index in [9.17, 15) is 0 Å².